The Balaban J connectivity index is 1.16. The molecule has 0 radical (unpaired) electrons. The smallest absolute Gasteiger partial charge is 0.220 e. The molecule has 8 nitrogen and oxygen atoms in total. The van der Waals surface area contributed by atoms with E-state index in [-0.39, 0.29) is 5.91 Å². The van der Waals surface area contributed by atoms with Crippen molar-refractivity contribution in [1.29, 1.82) is 0 Å². The molecule has 2 heterocycles. The van der Waals surface area contributed by atoms with Gasteiger partial charge in [-0.3, -0.25) is 4.79 Å². The van der Waals surface area contributed by atoms with Crippen molar-refractivity contribution in [3.63, 3.8) is 0 Å². The van der Waals surface area contributed by atoms with Crippen LogP contribution in [0.25, 0.3) is 22.1 Å². The number of para-hydroxylation sites is 1. The topological polar surface area (TPSA) is 91.2 Å². The molecule has 9 heteroatoms. The number of thioether (sulfide) groups is 1. The zero-order valence-corrected chi connectivity index (χ0v) is 23.8. The third kappa shape index (κ3) is 6.37. The van der Waals surface area contributed by atoms with Gasteiger partial charge in [0, 0.05) is 30.6 Å². The average molecular weight is 556 g/mol. The summed E-state index contributed by atoms with van der Waals surface area (Å²) in [7, 11) is 3.23. The van der Waals surface area contributed by atoms with Gasteiger partial charge in [0.05, 0.1) is 19.7 Å². The molecule has 0 saturated heterocycles. The van der Waals surface area contributed by atoms with Gasteiger partial charge in [-0.05, 0) is 49.1 Å². The van der Waals surface area contributed by atoms with Crippen molar-refractivity contribution < 1.29 is 14.3 Å². The van der Waals surface area contributed by atoms with E-state index < -0.39 is 0 Å². The fraction of sp³-hybridized carbons (Fsp3) is 0.290. The molecular weight excluding hydrogens is 522 g/mol. The quantitative estimate of drug-likeness (QED) is 0.159. The molecule has 0 aliphatic carbocycles. The number of aryl methyl sites for hydroxylation is 1. The van der Waals surface area contributed by atoms with Gasteiger partial charge in [0.15, 0.2) is 17.1 Å². The van der Waals surface area contributed by atoms with Crippen LogP contribution < -0.4 is 14.8 Å². The Labute approximate surface area is 238 Å². The Bertz CT molecular complexity index is 1620. The number of hydrogen-bond acceptors (Lipinski definition) is 7. The first-order valence-electron chi connectivity index (χ1n) is 13.3. The molecule has 0 fully saturated rings. The number of ether oxygens (including phenoxy) is 2. The number of hydrogen-bond donors (Lipinski definition) is 1. The summed E-state index contributed by atoms with van der Waals surface area (Å²) in [6.07, 6.45) is 1.89. The van der Waals surface area contributed by atoms with Gasteiger partial charge in [-0.2, -0.15) is 0 Å². The molecule has 1 N–H and O–H groups in total. The van der Waals surface area contributed by atoms with Crippen molar-refractivity contribution in [2.24, 2.45) is 0 Å². The molecular formula is C31H33N5O3S. The summed E-state index contributed by atoms with van der Waals surface area (Å²) in [6, 6.07) is 22.6. The molecule has 2 aromatic heterocycles. The molecule has 206 valence electrons. The maximum atomic E-state index is 12.4. The highest BCUT2D eigenvalue weighted by Gasteiger charge is 2.15. The Morgan fingerprint density at radius 3 is 2.52 bits per heavy atom. The van der Waals surface area contributed by atoms with Gasteiger partial charge in [0.25, 0.3) is 0 Å². The summed E-state index contributed by atoms with van der Waals surface area (Å²) >= 11 is 1.53. The number of carbonyl (C=O) groups excluding carboxylic acids is 1. The molecule has 0 spiro atoms. The van der Waals surface area contributed by atoms with Crippen molar-refractivity contribution >= 4 is 39.7 Å². The zero-order chi connectivity index (χ0) is 27.9. The molecule has 5 rings (SSSR count). The lowest BCUT2D eigenvalue weighted by Gasteiger charge is -2.10. The summed E-state index contributed by atoms with van der Waals surface area (Å²) in [6.45, 7) is 3.36. The van der Waals surface area contributed by atoms with Gasteiger partial charge in [-0.25, -0.2) is 4.98 Å². The zero-order valence-electron chi connectivity index (χ0n) is 23.0. The van der Waals surface area contributed by atoms with Crippen LogP contribution in [0.15, 0.2) is 71.9 Å². The fourth-order valence-corrected chi connectivity index (χ4v) is 5.37. The minimum Gasteiger partial charge on any atom is -0.493 e. The van der Waals surface area contributed by atoms with Gasteiger partial charge in [-0.15, -0.1) is 10.2 Å². The minimum absolute atomic E-state index is 0.0359. The number of nitrogens with one attached hydrogen (secondary N) is 1. The van der Waals surface area contributed by atoms with Gasteiger partial charge >= 0.3 is 0 Å². The minimum atomic E-state index is 0.0359. The van der Waals surface area contributed by atoms with Crippen molar-refractivity contribution in [2.75, 3.05) is 26.5 Å². The second-order valence-electron chi connectivity index (χ2n) is 9.60. The summed E-state index contributed by atoms with van der Waals surface area (Å²) in [5.41, 5.74) is 6.24. The fourth-order valence-electron chi connectivity index (χ4n) is 4.65. The summed E-state index contributed by atoms with van der Waals surface area (Å²) < 4.78 is 12.8. The number of carbonyl (C=O) groups is 1. The van der Waals surface area contributed by atoms with Crippen LogP contribution in [0.3, 0.4) is 0 Å². The summed E-state index contributed by atoms with van der Waals surface area (Å²) in [5.74, 6) is 2.15. The van der Waals surface area contributed by atoms with E-state index in [1.807, 2.05) is 30.3 Å². The van der Waals surface area contributed by atoms with E-state index in [1.165, 1.54) is 22.9 Å². The molecule has 0 aliphatic rings. The molecule has 0 aliphatic heterocycles. The van der Waals surface area contributed by atoms with Crippen molar-refractivity contribution in [3.8, 4) is 11.5 Å². The first kappa shape index (κ1) is 27.5. The summed E-state index contributed by atoms with van der Waals surface area (Å²) in [5, 5.41) is 13.6. The number of methoxy groups -OCH3 is 2. The second kappa shape index (κ2) is 12.8. The Morgan fingerprint density at radius 1 is 0.950 bits per heavy atom. The standard InChI is InChI=1S/C31H33N5O3S/c1-21-10-12-23(13-11-21)20-36-25-8-5-4-7-24(25)29-30(36)33-31(35-34-29)40-18-6-9-28(37)32-17-16-22-14-15-26(38-2)27(19-22)39-3/h4-5,7-8,10-15,19H,6,9,16-18,20H2,1-3H3,(H,32,37). The Kier molecular flexibility index (Phi) is 8.81. The van der Waals surface area contributed by atoms with E-state index in [2.05, 4.69) is 63.4 Å². The SMILES string of the molecule is COc1ccc(CCNC(=O)CCCSc2nnc3c4ccccc4n(Cc4ccc(C)cc4)c3n2)cc1OC. The van der Waals surface area contributed by atoms with E-state index in [1.54, 1.807) is 14.2 Å². The highest BCUT2D eigenvalue weighted by Crippen LogP contribution is 2.29. The molecule has 0 atom stereocenters. The van der Waals surface area contributed by atoms with Crippen LogP contribution in [0, 0.1) is 6.92 Å². The lowest BCUT2D eigenvalue weighted by molar-refractivity contribution is -0.121. The average Bonchev–Trinajstić information content (AvgIpc) is 3.29. The molecule has 3 aromatic carbocycles. The lowest BCUT2D eigenvalue weighted by Crippen LogP contribution is -2.25. The number of benzene rings is 3. The van der Waals surface area contributed by atoms with E-state index >= 15 is 0 Å². The molecule has 40 heavy (non-hydrogen) atoms. The van der Waals surface area contributed by atoms with Crippen molar-refractivity contribution in [2.45, 2.75) is 37.9 Å². The first-order chi connectivity index (χ1) is 19.6. The Morgan fingerprint density at radius 2 is 1.73 bits per heavy atom. The van der Waals surface area contributed by atoms with E-state index in [9.17, 15) is 4.79 Å². The predicted octanol–water partition coefficient (Wildman–Crippen LogP) is 5.58. The number of aromatic nitrogens is 4. The maximum Gasteiger partial charge on any atom is 0.220 e. The highest BCUT2D eigenvalue weighted by atomic mass is 32.2. The van der Waals surface area contributed by atoms with Crippen LogP contribution in [0.1, 0.15) is 29.5 Å². The molecule has 0 saturated carbocycles. The van der Waals surface area contributed by atoms with Gasteiger partial charge in [0.1, 0.15) is 5.52 Å². The van der Waals surface area contributed by atoms with Crippen molar-refractivity contribution in [3.05, 3.63) is 83.4 Å². The van der Waals surface area contributed by atoms with Crippen LogP contribution in [0.5, 0.6) is 11.5 Å². The van der Waals surface area contributed by atoms with Crippen molar-refractivity contribution in [1.82, 2.24) is 25.1 Å². The van der Waals surface area contributed by atoms with E-state index in [4.69, 9.17) is 14.5 Å². The van der Waals surface area contributed by atoms with Crippen LogP contribution >= 0.6 is 11.8 Å². The molecule has 0 bridgehead atoms. The van der Waals surface area contributed by atoms with Gasteiger partial charge < -0.3 is 19.4 Å². The molecule has 5 aromatic rings. The third-order valence-corrected chi connectivity index (χ3v) is 7.70. The first-order valence-corrected chi connectivity index (χ1v) is 14.3. The largest absolute Gasteiger partial charge is 0.493 e. The van der Waals surface area contributed by atoms with Gasteiger partial charge in [0.2, 0.25) is 11.1 Å². The second-order valence-corrected chi connectivity index (χ2v) is 10.7. The predicted molar refractivity (Wildman–Crippen MR) is 159 cm³/mol. The van der Waals surface area contributed by atoms with E-state index in [0.29, 0.717) is 36.2 Å². The molecule has 0 unspecified atom stereocenters. The number of fused-ring (bicyclic) bond motifs is 3. The van der Waals surface area contributed by atoms with Gasteiger partial charge in [-0.1, -0.05) is 65.9 Å². The number of rotatable bonds is 12. The normalized spacial score (nSPS) is 11.2. The maximum absolute atomic E-state index is 12.4. The van der Waals surface area contributed by atoms with E-state index in [0.717, 1.165) is 46.2 Å². The third-order valence-electron chi connectivity index (χ3n) is 6.78. The monoisotopic (exact) mass is 555 g/mol. The highest BCUT2D eigenvalue weighted by molar-refractivity contribution is 7.99. The van der Waals surface area contributed by atoms with Crippen LogP contribution in [-0.4, -0.2) is 52.2 Å². The molecule has 1 amide bonds. The van der Waals surface area contributed by atoms with Crippen LogP contribution in [0.4, 0.5) is 0 Å². The van der Waals surface area contributed by atoms with Crippen LogP contribution in [0.2, 0.25) is 0 Å². The number of amides is 1. The summed E-state index contributed by atoms with van der Waals surface area (Å²) in [4.78, 5) is 17.3. The number of nitrogens with zero attached hydrogens (tertiary/aromatic N) is 4. The Hall–Kier alpha value is -4.11. The van der Waals surface area contributed by atoms with Crippen LogP contribution in [-0.2, 0) is 17.8 Å². The lowest BCUT2D eigenvalue weighted by atomic mass is 10.1.